The van der Waals surface area contributed by atoms with Crippen molar-refractivity contribution in [2.45, 2.75) is 13.0 Å². The van der Waals surface area contributed by atoms with Gasteiger partial charge in [-0.25, -0.2) is 8.78 Å². The first-order chi connectivity index (χ1) is 9.06. The van der Waals surface area contributed by atoms with Crippen molar-refractivity contribution in [2.24, 2.45) is 7.05 Å². The SMILES string of the molecule is CCNC(c1cccc(F)c1F)c1c(Cl)cnn1C. The summed E-state index contributed by atoms with van der Waals surface area (Å²) in [5, 5.41) is 7.54. The number of aryl methyl sites for hydroxylation is 1. The fraction of sp³-hybridized carbons (Fsp3) is 0.308. The Morgan fingerprint density at radius 3 is 2.74 bits per heavy atom. The van der Waals surface area contributed by atoms with Gasteiger partial charge in [-0.15, -0.1) is 0 Å². The molecule has 0 aliphatic heterocycles. The van der Waals surface area contributed by atoms with Crippen LogP contribution in [0.5, 0.6) is 0 Å². The van der Waals surface area contributed by atoms with E-state index in [1.54, 1.807) is 11.7 Å². The monoisotopic (exact) mass is 285 g/mol. The molecule has 0 aliphatic carbocycles. The molecule has 0 aliphatic rings. The molecule has 0 saturated carbocycles. The van der Waals surface area contributed by atoms with Crippen molar-refractivity contribution in [3.63, 3.8) is 0 Å². The predicted octanol–water partition coefficient (Wildman–Crippen LogP) is 3.05. The zero-order valence-electron chi connectivity index (χ0n) is 10.6. The molecule has 1 N–H and O–H groups in total. The summed E-state index contributed by atoms with van der Waals surface area (Å²) in [4.78, 5) is 0. The molecule has 19 heavy (non-hydrogen) atoms. The maximum absolute atomic E-state index is 13.9. The standard InChI is InChI=1S/C13H14ClF2N3/c1-3-17-12(13-9(14)7-18-19(13)2)8-5-4-6-10(15)11(8)16/h4-7,12,17H,3H2,1-2H3. The summed E-state index contributed by atoms with van der Waals surface area (Å²) >= 11 is 6.08. The third kappa shape index (κ3) is 2.62. The van der Waals surface area contributed by atoms with Gasteiger partial charge in [0.05, 0.1) is 23.0 Å². The van der Waals surface area contributed by atoms with Gasteiger partial charge in [0.1, 0.15) is 0 Å². The second-order valence-corrected chi connectivity index (χ2v) is 4.54. The number of hydrogen-bond donors (Lipinski definition) is 1. The van der Waals surface area contributed by atoms with E-state index in [0.29, 0.717) is 17.3 Å². The Bertz CT molecular complexity index is 564. The molecule has 0 fully saturated rings. The Labute approximate surface area is 115 Å². The molecule has 6 heteroatoms. The van der Waals surface area contributed by atoms with E-state index < -0.39 is 17.7 Å². The van der Waals surface area contributed by atoms with Crippen LogP contribution in [0.4, 0.5) is 8.78 Å². The van der Waals surface area contributed by atoms with Gasteiger partial charge < -0.3 is 5.32 Å². The normalized spacial score (nSPS) is 12.7. The minimum atomic E-state index is -0.876. The molecule has 0 saturated heterocycles. The zero-order chi connectivity index (χ0) is 14.0. The van der Waals surface area contributed by atoms with Crippen molar-refractivity contribution < 1.29 is 8.78 Å². The summed E-state index contributed by atoms with van der Waals surface area (Å²) in [5.74, 6) is -1.75. The van der Waals surface area contributed by atoms with Crippen LogP contribution in [-0.4, -0.2) is 16.3 Å². The predicted molar refractivity (Wildman–Crippen MR) is 70.1 cm³/mol. The van der Waals surface area contributed by atoms with Crippen LogP contribution in [0.1, 0.15) is 24.2 Å². The maximum atomic E-state index is 13.9. The van der Waals surface area contributed by atoms with Crippen LogP contribution in [0.15, 0.2) is 24.4 Å². The first kappa shape index (κ1) is 14.0. The largest absolute Gasteiger partial charge is 0.305 e. The Hall–Kier alpha value is -1.46. The van der Waals surface area contributed by atoms with Crippen LogP contribution >= 0.6 is 11.6 Å². The highest BCUT2D eigenvalue weighted by molar-refractivity contribution is 6.31. The zero-order valence-corrected chi connectivity index (χ0v) is 11.4. The Kier molecular flexibility index (Phi) is 4.17. The van der Waals surface area contributed by atoms with Crippen molar-refractivity contribution in [3.05, 3.63) is 52.3 Å². The van der Waals surface area contributed by atoms with Crippen molar-refractivity contribution in [1.82, 2.24) is 15.1 Å². The fourth-order valence-corrected chi connectivity index (χ4v) is 2.32. The molecule has 1 unspecified atom stereocenters. The molecule has 1 heterocycles. The van der Waals surface area contributed by atoms with Crippen LogP contribution in [0.3, 0.4) is 0 Å². The molecule has 1 aromatic carbocycles. The smallest absolute Gasteiger partial charge is 0.163 e. The van der Waals surface area contributed by atoms with Crippen molar-refractivity contribution in [1.29, 1.82) is 0 Å². The van der Waals surface area contributed by atoms with Crippen molar-refractivity contribution in [2.75, 3.05) is 6.54 Å². The summed E-state index contributed by atoms with van der Waals surface area (Å²) in [5.41, 5.74) is 0.820. The average Bonchev–Trinajstić information content (AvgIpc) is 2.70. The van der Waals surface area contributed by atoms with Crippen LogP contribution < -0.4 is 5.32 Å². The average molecular weight is 286 g/mol. The Morgan fingerprint density at radius 2 is 2.16 bits per heavy atom. The lowest BCUT2D eigenvalue weighted by Crippen LogP contribution is -2.25. The number of rotatable bonds is 4. The third-order valence-corrected chi connectivity index (χ3v) is 3.20. The molecular formula is C13H14ClF2N3. The molecule has 1 atom stereocenters. The topological polar surface area (TPSA) is 29.9 Å². The van der Waals surface area contributed by atoms with Gasteiger partial charge in [-0.2, -0.15) is 5.10 Å². The van der Waals surface area contributed by atoms with Gasteiger partial charge in [0.25, 0.3) is 0 Å². The van der Waals surface area contributed by atoms with Gasteiger partial charge in [-0.05, 0) is 12.6 Å². The molecule has 1 aromatic heterocycles. The second kappa shape index (κ2) is 5.67. The lowest BCUT2D eigenvalue weighted by molar-refractivity contribution is 0.476. The van der Waals surface area contributed by atoms with Crippen molar-refractivity contribution in [3.8, 4) is 0 Å². The summed E-state index contributed by atoms with van der Waals surface area (Å²) < 4.78 is 28.9. The number of halogens is 3. The maximum Gasteiger partial charge on any atom is 0.163 e. The highest BCUT2D eigenvalue weighted by atomic mass is 35.5. The quantitative estimate of drug-likeness (QED) is 0.936. The van der Waals surface area contributed by atoms with E-state index in [1.165, 1.54) is 18.3 Å². The molecule has 2 rings (SSSR count). The second-order valence-electron chi connectivity index (χ2n) is 4.14. The molecule has 2 aromatic rings. The molecule has 3 nitrogen and oxygen atoms in total. The Morgan fingerprint density at radius 1 is 1.42 bits per heavy atom. The lowest BCUT2D eigenvalue weighted by Gasteiger charge is -2.20. The molecular weight excluding hydrogens is 272 g/mol. The van der Waals surface area contributed by atoms with Crippen LogP contribution in [-0.2, 0) is 7.05 Å². The van der Waals surface area contributed by atoms with E-state index in [9.17, 15) is 8.78 Å². The number of nitrogens with one attached hydrogen (secondary N) is 1. The first-order valence-corrected chi connectivity index (χ1v) is 6.28. The summed E-state index contributed by atoms with van der Waals surface area (Å²) in [6, 6.07) is 3.56. The molecule has 0 radical (unpaired) electrons. The van der Waals surface area contributed by atoms with E-state index in [0.717, 1.165) is 6.07 Å². The van der Waals surface area contributed by atoms with Gasteiger partial charge in [-0.1, -0.05) is 30.7 Å². The van der Waals surface area contributed by atoms with E-state index >= 15 is 0 Å². The number of hydrogen-bond acceptors (Lipinski definition) is 2. The van der Waals surface area contributed by atoms with E-state index in [-0.39, 0.29) is 5.56 Å². The van der Waals surface area contributed by atoms with Gasteiger partial charge >= 0.3 is 0 Å². The summed E-state index contributed by atoms with van der Waals surface area (Å²) in [6.07, 6.45) is 1.48. The van der Waals surface area contributed by atoms with E-state index in [1.807, 2.05) is 6.92 Å². The Balaban J connectivity index is 2.55. The lowest BCUT2D eigenvalue weighted by atomic mass is 10.0. The molecule has 0 spiro atoms. The molecule has 0 amide bonds. The first-order valence-electron chi connectivity index (χ1n) is 5.91. The van der Waals surface area contributed by atoms with Gasteiger partial charge in [0.15, 0.2) is 11.6 Å². The highest BCUT2D eigenvalue weighted by Gasteiger charge is 2.24. The van der Waals surface area contributed by atoms with E-state index in [2.05, 4.69) is 10.4 Å². The van der Waals surface area contributed by atoms with Crippen molar-refractivity contribution >= 4 is 11.6 Å². The minimum Gasteiger partial charge on any atom is -0.305 e. The van der Waals surface area contributed by atoms with Crippen LogP contribution in [0.25, 0.3) is 0 Å². The van der Waals surface area contributed by atoms with Gasteiger partial charge in [0, 0.05) is 12.6 Å². The minimum absolute atomic E-state index is 0.215. The van der Waals surface area contributed by atoms with Crippen LogP contribution in [0, 0.1) is 11.6 Å². The number of nitrogens with zero attached hydrogens (tertiary/aromatic N) is 2. The highest BCUT2D eigenvalue weighted by Crippen LogP contribution is 2.29. The van der Waals surface area contributed by atoms with E-state index in [4.69, 9.17) is 11.6 Å². The molecule has 0 bridgehead atoms. The fourth-order valence-electron chi connectivity index (χ4n) is 2.05. The summed E-state index contributed by atoms with van der Waals surface area (Å²) in [7, 11) is 1.71. The molecule has 102 valence electrons. The van der Waals surface area contributed by atoms with Crippen LogP contribution in [0.2, 0.25) is 5.02 Å². The van der Waals surface area contributed by atoms with Gasteiger partial charge in [-0.3, -0.25) is 4.68 Å². The number of aromatic nitrogens is 2. The summed E-state index contributed by atoms with van der Waals surface area (Å²) in [6.45, 7) is 2.47. The third-order valence-electron chi connectivity index (χ3n) is 2.91. The number of benzene rings is 1. The van der Waals surface area contributed by atoms with Gasteiger partial charge in [0.2, 0.25) is 0 Å².